The molecule has 0 unspecified atom stereocenters. The van der Waals surface area contributed by atoms with Gasteiger partial charge < -0.3 is 5.21 Å². The number of carbonyl (C=O) groups is 1. The number of hydrogen-bond donors (Lipinski definition) is 1. The highest BCUT2D eigenvalue weighted by molar-refractivity contribution is 6.49. The van der Waals surface area contributed by atoms with Crippen LogP contribution in [0.1, 0.15) is 17.3 Å². The second-order valence-corrected chi connectivity index (χ2v) is 3.48. The van der Waals surface area contributed by atoms with Crippen LogP contribution in [0.4, 0.5) is 0 Å². The molecular weight excluding hydrogens is 225 g/mol. The highest BCUT2D eigenvalue weighted by atomic mass is 35.5. The van der Waals surface area contributed by atoms with Crippen LogP contribution in [0.3, 0.4) is 0 Å². The van der Waals surface area contributed by atoms with E-state index in [0.717, 1.165) is 0 Å². The van der Waals surface area contributed by atoms with Gasteiger partial charge in [0.2, 0.25) is 5.78 Å². The molecule has 1 aromatic carbocycles. The standard InChI is InChI=1S/C9H7Cl2NO2/c1-5(12-14)9(13)7-3-2-6(10)4-8(7)11/h2-4,14H,1H3/b12-5+. The molecule has 0 aliphatic carbocycles. The van der Waals surface area contributed by atoms with Crippen LogP contribution in [-0.2, 0) is 0 Å². The quantitative estimate of drug-likeness (QED) is 0.368. The Morgan fingerprint density at radius 1 is 1.43 bits per heavy atom. The largest absolute Gasteiger partial charge is 0.411 e. The maximum absolute atomic E-state index is 11.5. The summed E-state index contributed by atoms with van der Waals surface area (Å²) in [5.74, 6) is -0.422. The summed E-state index contributed by atoms with van der Waals surface area (Å²) in [6, 6.07) is 4.49. The molecule has 5 heteroatoms. The van der Waals surface area contributed by atoms with Gasteiger partial charge in [0.15, 0.2) is 0 Å². The Labute approximate surface area is 90.9 Å². The molecule has 0 fully saturated rings. The molecule has 0 aromatic heterocycles. The van der Waals surface area contributed by atoms with Crippen LogP contribution in [0.25, 0.3) is 0 Å². The lowest BCUT2D eigenvalue weighted by Crippen LogP contribution is -2.10. The van der Waals surface area contributed by atoms with E-state index in [2.05, 4.69) is 5.16 Å². The second kappa shape index (κ2) is 4.44. The van der Waals surface area contributed by atoms with E-state index in [1.807, 2.05) is 0 Å². The zero-order valence-electron chi connectivity index (χ0n) is 7.29. The average molecular weight is 232 g/mol. The Bertz CT molecular complexity index is 402. The number of carbonyl (C=O) groups excluding carboxylic acids is 1. The van der Waals surface area contributed by atoms with Gasteiger partial charge in [0.05, 0.1) is 5.02 Å². The van der Waals surface area contributed by atoms with E-state index in [1.54, 1.807) is 6.07 Å². The van der Waals surface area contributed by atoms with Crippen molar-refractivity contribution >= 4 is 34.7 Å². The maximum atomic E-state index is 11.5. The fourth-order valence-electron chi connectivity index (χ4n) is 0.914. The predicted octanol–water partition coefficient (Wildman–Crippen LogP) is 3.03. The van der Waals surface area contributed by atoms with Crippen LogP contribution in [0, 0.1) is 0 Å². The first-order valence-electron chi connectivity index (χ1n) is 3.74. The number of Topliss-reactive ketones (excluding diaryl/α,β-unsaturated/α-hetero) is 1. The topological polar surface area (TPSA) is 49.7 Å². The summed E-state index contributed by atoms with van der Waals surface area (Å²) in [5, 5.41) is 11.9. The van der Waals surface area contributed by atoms with Gasteiger partial charge in [-0.05, 0) is 25.1 Å². The summed E-state index contributed by atoms with van der Waals surface area (Å²) < 4.78 is 0. The summed E-state index contributed by atoms with van der Waals surface area (Å²) in [6.07, 6.45) is 0. The van der Waals surface area contributed by atoms with E-state index in [1.165, 1.54) is 19.1 Å². The zero-order chi connectivity index (χ0) is 10.7. The van der Waals surface area contributed by atoms with Gasteiger partial charge in [0, 0.05) is 10.6 Å². The number of hydrogen-bond acceptors (Lipinski definition) is 3. The molecule has 14 heavy (non-hydrogen) atoms. The third kappa shape index (κ3) is 2.25. The van der Waals surface area contributed by atoms with Crippen LogP contribution >= 0.6 is 23.2 Å². The summed E-state index contributed by atoms with van der Waals surface area (Å²) in [6.45, 7) is 1.40. The molecular formula is C9H7Cl2NO2. The fraction of sp³-hybridized carbons (Fsp3) is 0.111. The molecule has 0 amide bonds. The lowest BCUT2D eigenvalue weighted by molar-refractivity contribution is 0.106. The Balaban J connectivity index is 3.14. The van der Waals surface area contributed by atoms with Crippen molar-refractivity contribution in [2.75, 3.05) is 0 Å². The van der Waals surface area contributed by atoms with Crippen LogP contribution in [0.2, 0.25) is 10.0 Å². The van der Waals surface area contributed by atoms with Gasteiger partial charge in [0.1, 0.15) is 5.71 Å². The normalized spacial score (nSPS) is 11.5. The molecule has 0 aliphatic heterocycles. The van der Waals surface area contributed by atoms with E-state index in [-0.39, 0.29) is 16.3 Å². The first kappa shape index (κ1) is 11.0. The number of oxime groups is 1. The SMILES string of the molecule is C/C(=N\O)C(=O)c1ccc(Cl)cc1Cl. The van der Waals surface area contributed by atoms with E-state index in [0.29, 0.717) is 5.02 Å². The van der Waals surface area contributed by atoms with Crippen LogP contribution in [0.15, 0.2) is 23.4 Å². The maximum Gasteiger partial charge on any atom is 0.211 e. The van der Waals surface area contributed by atoms with Crippen LogP contribution in [0.5, 0.6) is 0 Å². The van der Waals surface area contributed by atoms with E-state index < -0.39 is 5.78 Å². The van der Waals surface area contributed by atoms with Crippen molar-refractivity contribution in [1.82, 2.24) is 0 Å². The van der Waals surface area contributed by atoms with E-state index in [4.69, 9.17) is 28.4 Å². The van der Waals surface area contributed by atoms with Gasteiger partial charge in [-0.3, -0.25) is 4.79 Å². The number of nitrogens with zero attached hydrogens (tertiary/aromatic N) is 1. The summed E-state index contributed by atoms with van der Waals surface area (Å²) >= 11 is 11.4. The molecule has 0 atom stereocenters. The molecule has 0 saturated heterocycles. The van der Waals surface area contributed by atoms with Gasteiger partial charge in [-0.15, -0.1) is 0 Å². The van der Waals surface area contributed by atoms with Gasteiger partial charge >= 0.3 is 0 Å². The molecule has 3 nitrogen and oxygen atoms in total. The van der Waals surface area contributed by atoms with Crippen molar-refractivity contribution in [1.29, 1.82) is 0 Å². The van der Waals surface area contributed by atoms with E-state index >= 15 is 0 Å². The Morgan fingerprint density at radius 2 is 2.07 bits per heavy atom. The molecule has 0 bridgehead atoms. The highest BCUT2D eigenvalue weighted by Crippen LogP contribution is 2.21. The van der Waals surface area contributed by atoms with Crippen molar-refractivity contribution < 1.29 is 10.0 Å². The number of ketones is 1. The fourth-order valence-corrected chi connectivity index (χ4v) is 1.41. The minimum absolute atomic E-state index is 0.0192. The van der Waals surface area contributed by atoms with Crippen molar-refractivity contribution in [3.63, 3.8) is 0 Å². The molecule has 1 rings (SSSR count). The molecule has 1 aromatic rings. The summed E-state index contributed by atoms with van der Waals surface area (Å²) in [7, 11) is 0. The lowest BCUT2D eigenvalue weighted by atomic mass is 10.1. The highest BCUT2D eigenvalue weighted by Gasteiger charge is 2.13. The van der Waals surface area contributed by atoms with Crippen molar-refractivity contribution in [2.24, 2.45) is 5.16 Å². The van der Waals surface area contributed by atoms with Crippen molar-refractivity contribution in [2.45, 2.75) is 6.92 Å². The van der Waals surface area contributed by atoms with Gasteiger partial charge in [-0.1, -0.05) is 28.4 Å². The molecule has 1 N–H and O–H groups in total. The minimum atomic E-state index is -0.422. The van der Waals surface area contributed by atoms with Gasteiger partial charge in [-0.25, -0.2) is 0 Å². The minimum Gasteiger partial charge on any atom is -0.411 e. The molecule has 0 aliphatic rings. The third-order valence-corrected chi connectivity index (χ3v) is 2.20. The monoisotopic (exact) mass is 231 g/mol. The molecule has 74 valence electrons. The second-order valence-electron chi connectivity index (χ2n) is 2.64. The number of benzene rings is 1. The number of halogens is 2. The van der Waals surface area contributed by atoms with E-state index in [9.17, 15) is 4.79 Å². The summed E-state index contributed by atoms with van der Waals surface area (Å²) in [5.41, 5.74) is 0.251. The Hall–Kier alpha value is -1.06. The zero-order valence-corrected chi connectivity index (χ0v) is 8.80. The molecule has 0 radical (unpaired) electrons. The predicted molar refractivity (Wildman–Crippen MR) is 55.7 cm³/mol. The van der Waals surface area contributed by atoms with Gasteiger partial charge in [0.25, 0.3) is 0 Å². The summed E-state index contributed by atoms with van der Waals surface area (Å²) in [4.78, 5) is 11.5. The number of rotatable bonds is 2. The molecule has 0 heterocycles. The first-order chi connectivity index (χ1) is 6.56. The lowest BCUT2D eigenvalue weighted by Gasteiger charge is -2.01. The van der Waals surface area contributed by atoms with Gasteiger partial charge in [-0.2, -0.15) is 0 Å². The third-order valence-electron chi connectivity index (χ3n) is 1.65. The first-order valence-corrected chi connectivity index (χ1v) is 4.50. The molecule has 0 saturated carbocycles. The van der Waals surface area contributed by atoms with Crippen LogP contribution < -0.4 is 0 Å². The van der Waals surface area contributed by atoms with Crippen molar-refractivity contribution in [3.8, 4) is 0 Å². The smallest absolute Gasteiger partial charge is 0.211 e. The Kier molecular flexibility index (Phi) is 3.49. The Morgan fingerprint density at radius 3 is 2.57 bits per heavy atom. The average Bonchev–Trinajstić information content (AvgIpc) is 2.15. The molecule has 0 spiro atoms. The van der Waals surface area contributed by atoms with Crippen molar-refractivity contribution in [3.05, 3.63) is 33.8 Å². The van der Waals surface area contributed by atoms with Crippen LogP contribution in [-0.4, -0.2) is 16.7 Å².